The van der Waals surface area contributed by atoms with E-state index in [1.54, 1.807) is 18.2 Å². The molecule has 0 saturated heterocycles. The van der Waals surface area contributed by atoms with Crippen molar-refractivity contribution in [2.45, 2.75) is 19.4 Å². The lowest BCUT2D eigenvalue weighted by molar-refractivity contribution is 0.749. The molecule has 20 heavy (non-hydrogen) atoms. The molecule has 0 heterocycles. The average Bonchev–Trinajstić information content (AvgIpc) is 2.46. The summed E-state index contributed by atoms with van der Waals surface area (Å²) in [7, 11) is 0. The normalized spacial score (nSPS) is 11.7. The molecule has 2 aromatic carbocycles. The molecule has 1 N–H and O–H groups in total. The van der Waals surface area contributed by atoms with E-state index in [-0.39, 0.29) is 6.04 Å². The first-order valence-corrected chi connectivity index (χ1v) is 7.52. The van der Waals surface area contributed by atoms with Gasteiger partial charge in [-0.2, -0.15) is 5.26 Å². The van der Waals surface area contributed by atoms with Crippen LogP contribution in [0, 0.1) is 11.3 Å². The predicted molar refractivity (Wildman–Crippen MR) is 87.0 cm³/mol. The molecule has 0 aromatic heterocycles. The minimum Gasteiger partial charge on any atom is -0.377 e. The molecule has 102 valence electrons. The fourth-order valence-corrected chi connectivity index (χ4v) is 2.47. The standard InChI is InChI=1S/C16H14BrClN2/c1-2-15(11-3-6-13(17)7-4-11)20-16-9-14(18)8-5-12(16)10-19/h3-9,15,20H,2H2,1H3. The van der Waals surface area contributed by atoms with Crippen LogP contribution in [-0.4, -0.2) is 0 Å². The molecule has 0 bridgehead atoms. The van der Waals surface area contributed by atoms with Crippen molar-refractivity contribution in [2.24, 2.45) is 0 Å². The zero-order valence-corrected chi connectivity index (χ0v) is 13.4. The van der Waals surface area contributed by atoms with Gasteiger partial charge < -0.3 is 5.32 Å². The van der Waals surface area contributed by atoms with Crippen LogP contribution in [0.25, 0.3) is 0 Å². The van der Waals surface area contributed by atoms with Crippen LogP contribution in [0.5, 0.6) is 0 Å². The molecule has 0 spiro atoms. The minimum atomic E-state index is 0.147. The fraction of sp³-hybridized carbons (Fsp3) is 0.188. The number of benzene rings is 2. The van der Waals surface area contributed by atoms with Gasteiger partial charge in [0.2, 0.25) is 0 Å². The molecule has 0 amide bonds. The summed E-state index contributed by atoms with van der Waals surface area (Å²) in [6.45, 7) is 2.11. The van der Waals surface area contributed by atoms with E-state index in [0.29, 0.717) is 10.6 Å². The topological polar surface area (TPSA) is 35.8 Å². The van der Waals surface area contributed by atoms with Gasteiger partial charge in [0, 0.05) is 9.50 Å². The maximum Gasteiger partial charge on any atom is 0.101 e. The van der Waals surface area contributed by atoms with Gasteiger partial charge in [-0.3, -0.25) is 0 Å². The van der Waals surface area contributed by atoms with Crippen LogP contribution in [0.3, 0.4) is 0 Å². The van der Waals surface area contributed by atoms with Crippen LogP contribution in [0.1, 0.15) is 30.5 Å². The quantitative estimate of drug-likeness (QED) is 0.787. The molecular weight excluding hydrogens is 336 g/mol. The molecule has 2 nitrogen and oxygen atoms in total. The van der Waals surface area contributed by atoms with E-state index in [9.17, 15) is 0 Å². The van der Waals surface area contributed by atoms with Crippen LogP contribution in [0.15, 0.2) is 46.9 Å². The molecule has 0 aliphatic rings. The Balaban J connectivity index is 2.29. The van der Waals surface area contributed by atoms with Crippen LogP contribution >= 0.6 is 27.5 Å². The molecule has 0 fully saturated rings. The summed E-state index contributed by atoms with van der Waals surface area (Å²) in [6.07, 6.45) is 0.916. The van der Waals surface area contributed by atoms with E-state index in [1.807, 2.05) is 12.1 Å². The second-order valence-electron chi connectivity index (χ2n) is 4.46. The SMILES string of the molecule is CCC(Nc1cc(Cl)ccc1C#N)c1ccc(Br)cc1. The summed E-state index contributed by atoms with van der Waals surface area (Å²) in [4.78, 5) is 0. The van der Waals surface area contributed by atoms with Gasteiger partial charge >= 0.3 is 0 Å². The highest BCUT2D eigenvalue weighted by atomic mass is 79.9. The number of hydrogen-bond acceptors (Lipinski definition) is 2. The van der Waals surface area contributed by atoms with Gasteiger partial charge in [0.15, 0.2) is 0 Å². The Hall–Kier alpha value is -1.50. The van der Waals surface area contributed by atoms with E-state index in [4.69, 9.17) is 16.9 Å². The van der Waals surface area contributed by atoms with E-state index in [0.717, 1.165) is 16.6 Å². The van der Waals surface area contributed by atoms with Crippen LogP contribution < -0.4 is 5.32 Å². The Bertz CT molecular complexity index is 632. The van der Waals surface area contributed by atoms with Crippen LogP contribution in [0.4, 0.5) is 5.69 Å². The fourth-order valence-electron chi connectivity index (χ4n) is 2.04. The van der Waals surface area contributed by atoms with Crippen molar-refractivity contribution in [2.75, 3.05) is 5.32 Å². The summed E-state index contributed by atoms with van der Waals surface area (Å²) >= 11 is 9.45. The third-order valence-corrected chi connectivity index (χ3v) is 3.88. The predicted octanol–water partition coefficient (Wildman–Crippen LogP) is 5.54. The first kappa shape index (κ1) is 14.9. The molecular formula is C16H14BrClN2. The maximum absolute atomic E-state index is 9.16. The first-order chi connectivity index (χ1) is 9.63. The van der Waals surface area contributed by atoms with Crippen molar-refractivity contribution in [1.29, 1.82) is 5.26 Å². The van der Waals surface area contributed by atoms with E-state index in [1.165, 1.54) is 5.56 Å². The van der Waals surface area contributed by atoms with Crippen LogP contribution in [-0.2, 0) is 0 Å². The zero-order valence-electron chi connectivity index (χ0n) is 11.0. The largest absolute Gasteiger partial charge is 0.377 e. The Labute approximate surface area is 132 Å². The number of nitrogens with zero attached hydrogens (tertiary/aromatic N) is 1. The lowest BCUT2D eigenvalue weighted by Gasteiger charge is -2.20. The minimum absolute atomic E-state index is 0.147. The molecule has 4 heteroatoms. The van der Waals surface area contributed by atoms with Gasteiger partial charge in [0.05, 0.1) is 17.3 Å². The number of anilines is 1. The third kappa shape index (κ3) is 3.53. The number of halogens is 2. The third-order valence-electron chi connectivity index (χ3n) is 3.11. The summed E-state index contributed by atoms with van der Waals surface area (Å²) in [5.74, 6) is 0. The smallest absolute Gasteiger partial charge is 0.101 e. The molecule has 1 atom stereocenters. The highest BCUT2D eigenvalue weighted by Gasteiger charge is 2.11. The Morgan fingerprint density at radius 3 is 2.55 bits per heavy atom. The second-order valence-corrected chi connectivity index (χ2v) is 5.81. The van der Waals surface area contributed by atoms with Gasteiger partial charge in [-0.05, 0) is 42.3 Å². The molecule has 0 aliphatic carbocycles. The van der Waals surface area contributed by atoms with Crippen molar-refractivity contribution in [3.63, 3.8) is 0 Å². The van der Waals surface area contributed by atoms with Crippen molar-refractivity contribution in [3.8, 4) is 6.07 Å². The van der Waals surface area contributed by atoms with E-state index < -0.39 is 0 Å². The highest BCUT2D eigenvalue weighted by molar-refractivity contribution is 9.10. The number of nitriles is 1. The van der Waals surface area contributed by atoms with Crippen molar-refractivity contribution < 1.29 is 0 Å². The zero-order chi connectivity index (χ0) is 14.5. The van der Waals surface area contributed by atoms with Crippen molar-refractivity contribution in [1.82, 2.24) is 0 Å². The molecule has 2 aromatic rings. The number of nitrogens with one attached hydrogen (secondary N) is 1. The lowest BCUT2D eigenvalue weighted by Crippen LogP contribution is -2.10. The van der Waals surface area contributed by atoms with E-state index in [2.05, 4.69) is 46.4 Å². The Morgan fingerprint density at radius 2 is 1.95 bits per heavy atom. The summed E-state index contributed by atoms with van der Waals surface area (Å²) in [6, 6.07) is 15.8. The summed E-state index contributed by atoms with van der Waals surface area (Å²) < 4.78 is 1.05. The molecule has 1 unspecified atom stereocenters. The monoisotopic (exact) mass is 348 g/mol. The van der Waals surface area contributed by atoms with Crippen LogP contribution in [0.2, 0.25) is 5.02 Å². The van der Waals surface area contributed by atoms with E-state index >= 15 is 0 Å². The first-order valence-electron chi connectivity index (χ1n) is 6.35. The summed E-state index contributed by atoms with van der Waals surface area (Å²) in [5.41, 5.74) is 2.55. The lowest BCUT2D eigenvalue weighted by atomic mass is 10.0. The maximum atomic E-state index is 9.16. The average molecular weight is 350 g/mol. The molecule has 0 radical (unpaired) electrons. The number of hydrogen-bond donors (Lipinski definition) is 1. The molecule has 0 saturated carbocycles. The highest BCUT2D eigenvalue weighted by Crippen LogP contribution is 2.27. The van der Waals surface area contributed by atoms with Crippen molar-refractivity contribution in [3.05, 3.63) is 63.1 Å². The van der Waals surface area contributed by atoms with Gasteiger partial charge in [-0.25, -0.2) is 0 Å². The second kappa shape index (κ2) is 6.78. The Kier molecular flexibility index (Phi) is 5.05. The summed E-state index contributed by atoms with van der Waals surface area (Å²) in [5, 5.41) is 13.2. The van der Waals surface area contributed by atoms with Crippen molar-refractivity contribution >= 4 is 33.2 Å². The number of rotatable bonds is 4. The van der Waals surface area contributed by atoms with Gasteiger partial charge in [0.25, 0.3) is 0 Å². The van der Waals surface area contributed by atoms with Gasteiger partial charge in [-0.15, -0.1) is 0 Å². The van der Waals surface area contributed by atoms with Gasteiger partial charge in [0.1, 0.15) is 6.07 Å². The Morgan fingerprint density at radius 1 is 1.25 bits per heavy atom. The van der Waals surface area contributed by atoms with Gasteiger partial charge in [-0.1, -0.05) is 46.6 Å². The molecule has 0 aliphatic heterocycles. The molecule has 2 rings (SSSR count).